The lowest BCUT2D eigenvalue weighted by molar-refractivity contribution is -0.142. The minimum Gasteiger partial charge on any atom is -0.281 e. The van der Waals surface area contributed by atoms with E-state index >= 15 is 0 Å². The van der Waals surface area contributed by atoms with Crippen LogP contribution in [-0.2, 0) is 19.1 Å². The molecule has 2 rings (SSSR count). The number of aromatic nitrogens is 2. The first-order chi connectivity index (χ1) is 11.2. The number of benzene rings is 1. The van der Waals surface area contributed by atoms with Gasteiger partial charge in [0.25, 0.3) is 5.56 Å². The normalized spacial score (nSPS) is 11.4. The van der Waals surface area contributed by atoms with Gasteiger partial charge < -0.3 is 0 Å². The lowest BCUT2D eigenvalue weighted by Gasteiger charge is -2.16. The minimum atomic E-state index is -4.89. The fourth-order valence-corrected chi connectivity index (χ4v) is 2.29. The molecule has 0 saturated heterocycles. The average molecular weight is 342 g/mol. The topological polar surface area (TPSA) is 34.9 Å². The monoisotopic (exact) mass is 342 g/mol. The molecule has 126 valence electrons. The highest BCUT2D eigenvalue weighted by Crippen LogP contribution is 2.31. The van der Waals surface area contributed by atoms with Gasteiger partial charge in [-0.05, 0) is 18.6 Å². The van der Waals surface area contributed by atoms with Crippen molar-refractivity contribution in [1.82, 2.24) is 9.55 Å². The van der Waals surface area contributed by atoms with Gasteiger partial charge in [-0.2, -0.15) is 13.2 Å². The van der Waals surface area contributed by atoms with Crippen molar-refractivity contribution >= 4 is 0 Å². The van der Waals surface area contributed by atoms with Crippen molar-refractivity contribution in [3.63, 3.8) is 0 Å². The molecule has 0 N–H and O–H groups in total. The van der Waals surface area contributed by atoms with Gasteiger partial charge in [-0.15, -0.1) is 6.42 Å². The molecular weight excluding hydrogens is 331 g/mol. The van der Waals surface area contributed by atoms with Gasteiger partial charge in [-0.3, -0.25) is 9.36 Å². The van der Waals surface area contributed by atoms with E-state index < -0.39 is 40.5 Å². The van der Waals surface area contributed by atoms with Crippen LogP contribution in [0.3, 0.4) is 0 Å². The van der Waals surface area contributed by atoms with E-state index in [1.54, 1.807) is 0 Å². The highest BCUT2D eigenvalue weighted by atomic mass is 19.4. The first-order valence-corrected chi connectivity index (χ1v) is 6.79. The summed E-state index contributed by atoms with van der Waals surface area (Å²) in [5.74, 6) is -0.441. The third kappa shape index (κ3) is 3.30. The second kappa shape index (κ2) is 6.43. The molecule has 0 aliphatic rings. The number of hydrogen-bond acceptors (Lipinski definition) is 2. The van der Waals surface area contributed by atoms with Crippen molar-refractivity contribution in [2.24, 2.45) is 0 Å². The SMILES string of the molecule is C#CCn1c(-c2cc(F)cc(F)c2)nc(C(F)(F)F)c(CC)c1=O. The first-order valence-electron chi connectivity index (χ1n) is 6.79. The Kier molecular flexibility index (Phi) is 4.73. The smallest absolute Gasteiger partial charge is 0.281 e. The molecule has 24 heavy (non-hydrogen) atoms. The quantitative estimate of drug-likeness (QED) is 0.633. The van der Waals surface area contributed by atoms with Crippen LogP contribution >= 0.6 is 0 Å². The molecule has 0 aliphatic carbocycles. The van der Waals surface area contributed by atoms with Crippen molar-refractivity contribution in [1.29, 1.82) is 0 Å². The summed E-state index contributed by atoms with van der Waals surface area (Å²) in [6.07, 6.45) is 0.0360. The van der Waals surface area contributed by atoms with E-state index in [0.29, 0.717) is 6.07 Å². The molecular formula is C16H11F5N2O. The number of terminal acetylenes is 1. The Morgan fingerprint density at radius 3 is 2.25 bits per heavy atom. The van der Waals surface area contributed by atoms with Crippen molar-refractivity contribution in [2.75, 3.05) is 0 Å². The van der Waals surface area contributed by atoms with Crippen molar-refractivity contribution in [2.45, 2.75) is 26.1 Å². The Balaban J connectivity index is 2.90. The zero-order valence-electron chi connectivity index (χ0n) is 12.4. The minimum absolute atomic E-state index is 0.219. The zero-order valence-corrected chi connectivity index (χ0v) is 12.4. The van der Waals surface area contributed by atoms with Gasteiger partial charge in [-0.1, -0.05) is 12.8 Å². The van der Waals surface area contributed by atoms with E-state index in [-0.39, 0.29) is 18.5 Å². The first kappa shape index (κ1) is 17.7. The van der Waals surface area contributed by atoms with Crippen molar-refractivity contribution < 1.29 is 22.0 Å². The molecule has 3 nitrogen and oxygen atoms in total. The van der Waals surface area contributed by atoms with Crippen LogP contribution in [0, 0.1) is 24.0 Å². The molecule has 0 radical (unpaired) electrons. The number of rotatable bonds is 3. The van der Waals surface area contributed by atoms with Crippen LogP contribution in [0.1, 0.15) is 18.2 Å². The van der Waals surface area contributed by atoms with Crippen LogP contribution in [-0.4, -0.2) is 9.55 Å². The molecule has 1 heterocycles. The van der Waals surface area contributed by atoms with Crippen LogP contribution in [0.5, 0.6) is 0 Å². The summed E-state index contributed by atoms with van der Waals surface area (Å²) >= 11 is 0. The second-order valence-corrected chi connectivity index (χ2v) is 4.87. The van der Waals surface area contributed by atoms with Crippen LogP contribution in [0.25, 0.3) is 11.4 Å². The number of hydrogen-bond donors (Lipinski definition) is 0. The van der Waals surface area contributed by atoms with Crippen LogP contribution in [0.4, 0.5) is 22.0 Å². The molecule has 0 unspecified atom stereocenters. The highest BCUT2D eigenvalue weighted by Gasteiger charge is 2.37. The summed E-state index contributed by atoms with van der Waals surface area (Å²) in [5.41, 5.74) is -3.24. The molecule has 1 aromatic heterocycles. The molecule has 0 atom stereocenters. The van der Waals surface area contributed by atoms with Gasteiger partial charge in [-0.25, -0.2) is 13.8 Å². The van der Waals surface area contributed by atoms with Gasteiger partial charge in [0.1, 0.15) is 17.5 Å². The Bertz CT molecular complexity index is 857. The van der Waals surface area contributed by atoms with Crippen molar-refractivity contribution in [3.05, 3.63) is 51.4 Å². The summed E-state index contributed by atoms with van der Waals surface area (Å²) in [5, 5.41) is 0. The maximum absolute atomic E-state index is 13.4. The molecule has 0 saturated carbocycles. The maximum atomic E-state index is 13.4. The Labute approximate surface area is 133 Å². The van der Waals surface area contributed by atoms with Crippen LogP contribution in [0.2, 0.25) is 0 Å². The number of nitrogens with zero attached hydrogens (tertiary/aromatic N) is 2. The van der Waals surface area contributed by atoms with E-state index in [2.05, 4.69) is 10.9 Å². The third-order valence-electron chi connectivity index (χ3n) is 3.25. The lowest BCUT2D eigenvalue weighted by Crippen LogP contribution is -2.31. The van der Waals surface area contributed by atoms with Gasteiger partial charge >= 0.3 is 6.18 Å². The highest BCUT2D eigenvalue weighted by molar-refractivity contribution is 5.56. The molecule has 0 bridgehead atoms. The standard InChI is InChI=1S/C16H11F5N2O/c1-3-5-23-14(9-6-10(17)8-11(18)7-9)22-13(16(19,20)21)12(4-2)15(23)24/h1,6-8H,4-5H2,2H3. The lowest BCUT2D eigenvalue weighted by atomic mass is 10.1. The molecule has 8 heteroatoms. The molecule has 0 spiro atoms. The van der Waals surface area contributed by atoms with E-state index in [0.717, 1.165) is 16.7 Å². The second-order valence-electron chi connectivity index (χ2n) is 4.87. The largest absolute Gasteiger partial charge is 0.433 e. The summed E-state index contributed by atoms with van der Waals surface area (Å²) in [6, 6.07) is 2.12. The van der Waals surface area contributed by atoms with Gasteiger partial charge in [0.2, 0.25) is 0 Å². The summed E-state index contributed by atoms with van der Waals surface area (Å²) in [6.45, 7) is 0.986. The summed E-state index contributed by atoms with van der Waals surface area (Å²) in [7, 11) is 0. The molecule has 0 aliphatic heterocycles. The molecule has 1 aromatic carbocycles. The Morgan fingerprint density at radius 2 is 1.79 bits per heavy atom. The van der Waals surface area contributed by atoms with E-state index in [4.69, 9.17) is 6.42 Å². The summed E-state index contributed by atoms with van der Waals surface area (Å²) in [4.78, 5) is 15.8. The fourth-order valence-electron chi connectivity index (χ4n) is 2.29. The van der Waals surface area contributed by atoms with Crippen molar-refractivity contribution in [3.8, 4) is 23.7 Å². The molecule has 2 aromatic rings. The number of alkyl halides is 3. The van der Waals surface area contributed by atoms with E-state index in [1.165, 1.54) is 6.92 Å². The number of halogens is 5. The van der Waals surface area contributed by atoms with Crippen LogP contribution in [0.15, 0.2) is 23.0 Å². The zero-order chi connectivity index (χ0) is 18.1. The maximum Gasteiger partial charge on any atom is 0.433 e. The Hall–Kier alpha value is -2.69. The average Bonchev–Trinajstić information content (AvgIpc) is 2.46. The van der Waals surface area contributed by atoms with Crippen LogP contribution < -0.4 is 5.56 Å². The van der Waals surface area contributed by atoms with Gasteiger partial charge in [0.05, 0.1) is 6.54 Å². The van der Waals surface area contributed by atoms with E-state index in [9.17, 15) is 26.7 Å². The van der Waals surface area contributed by atoms with Gasteiger partial charge in [0, 0.05) is 17.2 Å². The summed E-state index contributed by atoms with van der Waals surface area (Å²) < 4.78 is 67.1. The third-order valence-corrected chi connectivity index (χ3v) is 3.25. The van der Waals surface area contributed by atoms with E-state index in [1.807, 2.05) is 0 Å². The fraction of sp³-hybridized carbons (Fsp3) is 0.250. The predicted octanol–water partition coefficient (Wildman–Crippen LogP) is 3.40. The predicted molar refractivity (Wildman–Crippen MR) is 77.1 cm³/mol. The molecule has 0 amide bonds. The van der Waals surface area contributed by atoms with Gasteiger partial charge in [0.15, 0.2) is 5.69 Å². The Morgan fingerprint density at radius 1 is 1.21 bits per heavy atom. The molecule has 0 fully saturated rings.